The topological polar surface area (TPSA) is 9.86 Å². The van der Waals surface area contributed by atoms with Gasteiger partial charge in [-0.2, -0.15) is 0 Å². The van der Waals surface area contributed by atoms with Gasteiger partial charge in [-0.25, -0.2) is 0 Å². The molecule has 0 N–H and O–H groups in total. The van der Waals surface area contributed by atoms with Crippen molar-refractivity contribution in [2.24, 2.45) is 0 Å². The molecule has 0 aliphatic carbocycles. The van der Waals surface area contributed by atoms with Crippen LogP contribution in [0.5, 0.6) is 0 Å². The van der Waals surface area contributed by atoms with Crippen LogP contribution in [0.4, 0.5) is 0 Å². The first kappa shape index (κ1) is 25.2. The second kappa shape index (κ2) is 10.6. The molecule has 0 spiro atoms. The van der Waals surface area contributed by atoms with Crippen LogP contribution >= 0.6 is 0 Å². The fraction of sp³-hybridized carbons (Fsp3) is 0.0526. The van der Waals surface area contributed by atoms with Gasteiger partial charge in [-0.05, 0) is 60.9 Å². The summed E-state index contributed by atoms with van der Waals surface area (Å²) in [5.41, 5.74) is 11.6. The van der Waals surface area contributed by atoms with Crippen LogP contribution in [0.2, 0.25) is 0 Å². The van der Waals surface area contributed by atoms with E-state index < -0.39 is 0 Å². The molecule has 0 saturated carbocycles. The van der Waals surface area contributed by atoms with Crippen molar-refractivity contribution in [3.8, 4) is 16.8 Å². The third-order valence-electron chi connectivity index (χ3n) is 7.47. The maximum Gasteiger partial charge on any atom is 0.0804 e. The Hall–Kier alpha value is -5.08. The Labute approximate surface area is 235 Å². The van der Waals surface area contributed by atoms with Crippen molar-refractivity contribution < 1.29 is 0 Å². The van der Waals surface area contributed by atoms with Crippen LogP contribution < -0.4 is 0 Å². The summed E-state index contributed by atoms with van der Waals surface area (Å²) >= 11 is 0. The van der Waals surface area contributed by atoms with E-state index in [1.165, 1.54) is 38.4 Å². The Balaban J connectivity index is 1.79. The van der Waals surface area contributed by atoms with Gasteiger partial charge in [0, 0.05) is 27.7 Å². The number of hydrogen-bond acceptors (Lipinski definition) is 0. The van der Waals surface area contributed by atoms with Crippen molar-refractivity contribution in [2.75, 3.05) is 0 Å². The van der Waals surface area contributed by atoms with Gasteiger partial charge in [-0.1, -0.05) is 116 Å². The number of nitrogens with zero attached hydrogens (tertiary/aromatic N) is 2. The number of rotatable bonds is 7. The first-order valence-corrected chi connectivity index (χ1v) is 13.7. The van der Waals surface area contributed by atoms with Crippen molar-refractivity contribution in [1.82, 2.24) is 9.13 Å². The van der Waals surface area contributed by atoms with Crippen LogP contribution in [-0.2, 0) is 0 Å². The highest BCUT2D eigenvalue weighted by molar-refractivity contribution is 6.22. The van der Waals surface area contributed by atoms with Gasteiger partial charge in [0.15, 0.2) is 0 Å². The lowest BCUT2D eigenvalue weighted by Gasteiger charge is -2.13. The molecule has 2 heteroatoms. The molecule has 2 heterocycles. The molecule has 0 amide bonds. The first-order valence-electron chi connectivity index (χ1n) is 13.7. The second-order valence-corrected chi connectivity index (χ2v) is 9.79. The molecule has 2 nitrogen and oxygen atoms in total. The van der Waals surface area contributed by atoms with Crippen molar-refractivity contribution in [3.05, 3.63) is 146 Å². The summed E-state index contributed by atoms with van der Waals surface area (Å²) in [5, 5.41) is 2.39. The fourth-order valence-electron chi connectivity index (χ4n) is 5.84. The molecule has 0 aliphatic rings. The summed E-state index contributed by atoms with van der Waals surface area (Å²) in [7, 11) is 0. The lowest BCUT2D eigenvalue weighted by Crippen LogP contribution is -1.97. The summed E-state index contributed by atoms with van der Waals surface area (Å²) in [6.07, 6.45) is 14.4. The van der Waals surface area contributed by atoms with Crippen LogP contribution in [0.3, 0.4) is 0 Å². The zero-order chi connectivity index (χ0) is 27.6. The van der Waals surface area contributed by atoms with Crippen LogP contribution in [0, 0.1) is 0 Å². The Bertz CT molecular complexity index is 1970. The number of aromatic nitrogens is 2. The molecule has 0 radical (unpaired) electrons. The molecular weight excluding hydrogens is 484 g/mol. The molecule has 0 saturated heterocycles. The highest BCUT2D eigenvalue weighted by Gasteiger charge is 2.24. The number of allylic oxidation sites excluding steroid dienone is 6. The van der Waals surface area contributed by atoms with Crippen LogP contribution in [0.15, 0.2) is 135 Å². The van der Waals surface area contributed by atoms with Crippen molar-refractivity contribution in [1.29, 1.82) is 0 Å². The van der Waals surface area contributed by atoms with E-state index in [-0.39, 0.29) is 0 Å². The average Bonchev–Trinajstić information content (AvgIpc) is 3.51. The average molecular weight is 517 g/mol. The normalized spacial score (nSPS) is 12.4. The van der Waals surface area contributed by atoms with Gasteiger partial charge in [0.1, 0.15) is 0 Å². The monoisotopic (exact) mass is 516 g/mol. The number of para-hydroxylation sites is 1. The van der Waals surface area contributed by atoms with Gasteiger partial charge >= 0.3 is 0 Å². The minimum Gasteiger partial charge on any atom is -0.307 e. The van der Waals surface area contributed by atoms with E-state index in [1.807, 2.05) is 12.2 Å². The molecular formula is C38H32N2. The molecule has 0 atom stereocenters. The van der Waals surface area contributed by atoms with E-state index in [2.05, 4.69) is 158 Å². The molecule has 0 unspecified atom stereocenters. The third kappa shape index (κ3) is 3.97. The Morgan fingerprint density at radius 2 is 1.40 bits per heavy atom. The third-order valence-corrected chi connectivity index (χ3v) is 7.47. The minimum absolute atomic E-state index is 1.06. The van der Waals surface area contributed by atoms with E-state index in [9.17, 15) is 0 Å². The Kier molecular flexibility index (Phi) is 6.67. The summed E-state index contributed by atoms with van der Waals surface area (Å²) in [6, 6.07) is 32.5. The molecule has 0 aliphatic heterocycles. The highest BCUT2D eigenvalue weighted by atomic mass is 15.1. The van der Waals surface area contributed by atoms with E-state index >= 15 is 0 Å². The van der Waals surface area contributed by atoms with Gasteiger partial charge in [-0.3, -0.25) is 0 Å². The predicted octanol–water partition coefficient (Wildman–Crippen LogP) is 10.7. The molecule has 0 bridgehead atoms. The van der Waals surface area contributed by atoms with Gasteiger partial charge in [0.25, 0.3) is 0 Å². The van der Waals surface area contributed by atoms with Crippen molar-refractivity contribution in [3.63, 3.8) is 0 Å². The van der Waals surface area contributed by atoms with E-state index in [0.717, 1.165) is 28.0 Å². The molecule has 6 rings (SSSR count). The van der Waals surface area contributed by atoms with E-state index in [4.69, 9.17) is 0 Å². The predicted molar refractivity (Wildman–Crippen MR) is 176 cm³/mol. The Morgan fingerprint density at radius 3 is 2.10 bits per heavy atom. The number of benzene rings is 4. The van der Waals surface area contributed by atoms with Crippen LogP contribution in [-0.4, -0.2) is 9.13 Å². The molecule has 0 fully saturated rings. The smallest absolute Gasteiger partial charge is 0.0804 e. The molecule has 6 aromatic rings. The second-order valence-electron chi connectivity index (χ2n) is 9.79. The van der Waals surface area contributed by atoms with E-state index in [1.54, 1.807) is 0 Å². The Morgan fingerprint density at radius 1 is 0.675 bits per heavy atom. The quantitative estimate of drug-likeness (QED) is 0.187. The standard InChI is InChI=1S/C38H32N2/c1-5-14-30(15-6-2)40-36-32(16-7-3)27(8-4)23-26-34(36)38-37(40)33-19-12-13-20-35(33)39(38)31-24-21-29(22-25-31)28-17-10-9-11-18-28/h5-26H,1,4H2,2-3H3/b15-6-,16-7-,30-14+. The number of fused-ring (bicyclic) bond motifs is 5. The lowest BCUT2D eigenvalue weighted by molar-refractivity contribution is 1.18. The summed E-state index contributed by atoms with van der Waals surface area (Å²) < 4.78 is 4.80. The van der Waals surface area contributed by atoms with Crippen LogP contribution in [0.25, 0.3) is 67.5 Å². The first-order chi connectivity index (χ1) is 19.7. The van der Waals surface area contributed by atoms with Gasteiger partial charge in [0.05, 0.1) is 22.1 Å². The summed E-state index contributed by atoms with van der Waals surface area (Å²) in [6.45, 7) is 12.3. The zero-order valence-corrected chi connectivity index (χ0v) is 23.0. The fourth-order valence-corrected chi connectivity index (χ4v) is 5.84. The molecule has 40 heavy (non-hydrogen) atoms. The van der Waals surface area contributed by atoms with E-state index in [0.29, 0.717) is 0 Å². The lowest BCUT2D eigenvalue weighted by atomic mass is 10.0. The number of hydrogen-bond donors (Lipinski definition) is 0. The van der Waals surface area contributed by atoms with Crippen molar-refractivity contribution >= 4 is 50.7 Å². The molecule has 2 aromatic heterocycles. The summed E-state index contributed by atoms with van der Waals surface area (Å²) in [5.74, 6) is 0. The largest absolute Gasteiger partial charge is 0.307 e. The summed E-state index contributed by atoms with van der Waals surface area (Å²) in [4.78, 5) is 0. The van der Waals surface area contributed by atoms with Gasteiger partial charge < -0.3 is 9.13 Å². The maximum atomic E-state index is 4.12. The SMILES string of the molecule is C=C/C=C(\C=C/C)n1c2c(/C=C\C)c(C=C)ccc2c2c1c1ccccc1n2-c1ccc(-c2ccccc2)cc1. The molecule has 194 valence electrons. The van der Waals surface area contributed by atoms with Gasteiger partial charge in [0.2, 0.25) is 0 Å². The van der Waals surface area contributed by atoms with Crippen molar-refractivity contribution in [2.45, 2.75) is 13.8 Å². The maximum absolute atomic E-state index is 4.12. The van der Waals surface area contributed by atoms with Gasteiger partial charge in [-0.15, -0.1) is 0 Å². The zero-order valence-electron chi connectivity index (χ0n) is 23.0. The minimum atomic E-state index is 1.06. The highest BCUT2D eigenvalue weighted by Crippen LogP contribution is 2.43. The van der Waals surface area contributed by atoms with Crippen LogP contribution in [0.1, 0.15) is 25.0 Å². The molecule has 4 aromatic carbocycles.